The van der Waals surface area contributed by atoms with Gasteiger partial charge in [0.05, 0.1) is 17.7 Å². The van der Waals surface area contributed by atoms with Crippen LogP contribution in [-0.4, -0.2) is 44.9 Å². The summed E-state index contributed by atoms with van der Waals surface area (Å²) in [7, 11) is -3.68. The molecule has 0 spiro atoms. The van der Waals surface area contributed by atoms with Crippen molar-refractivity contribution in [2.75, 3.05) is 26.3 Å². The van der Waals surface area contributed by atoms with Crippen LogP contribution in [0.25, 0.3) is 0 Å². The minimum Gasteiger partial charge on any atom is -0.486 e. The molecule has 0 aliphatic carbocycles. The van der Waals surface area contributed by atoms with Crippen molar-refractivity contribution in [3.63, 3.8) is 0 Å². The van der Waals surface area contributed by atoms with E-state index in [-0.39, 0.29) is 24.2 Å². The normalized spacial score (nSPS) is 19.7. The Bertz CT molecular complexity index is 1120. The van der Waals surface area contributed by atoms with Crippen molar-refractivity contribution in [2.24, 2.45) is 5.92 Å². The van der Waals surface area contributed by atoms with Gasteiger partial charge in [-0.25, -0.2) is 12.7 Å². The molecular formula is C23H26Cl2N2O5S. The van der Waals surface area contributed by atoms with Crippen LogP contribution in [0.15, 0.2) is 36.4 Å². The lowest BCUT2D eigenvalue weighted by atomic mass is 9.97. The van der Waals surface area contributed by atoms with Gasteiger partial charge in [0.2, 0.25) is 15.9 Å². The lowest BCUT2D eigenvalue weighted by Gasteiger charge is -2.32. The number of nitrogens with one attached hydrogen (secondary N) is 1. The first-order valence-electron chi connectivity index (χ1n) is 10.9. The molecule has 1 N–H and O–H groups in total. The Morgan fingerprint density at radius 3 is 2.58 bits per heavy atom. The maximum absolute atomic E-state index is 13.1. The van der Waals surface area contributed by atoms with Gasteiger partial charge < -0.3 is 14.8 Å². The van der Waals surface area contributed by atoms with Crippen LogP contribution in [0.1, 0.15) is 36.9 Å². The fourth-order valence-electron chi connectivity index (χ4n) is 4.10. The molecule has 1 amide bonds. The molecule has 2 atom stereocenters. The van der Waals surface area contributed by atoms with Crippen LogP contribution in [0.5, 0.6) is 11.5 Å². The number of carbonyl (C=O) groups is 1. The second-order valence-electron chi connectivity index (χ2n) is 8.29. The van der Waals surface area contributed by atoms with E-state index < -0.39 is 15.9 Å². The predicted octanol–water partition coefficient (Wildman–Crippen LogP) is 4.18. The van der Waals surface area contributed by atoms with Crippen LogP contribution in [-0.2, 0) is 20.6 Å². The van der Waals surface area contributed by atoms with Crippen LogP contribution in [0.3, 0.4) is 0 Å². The molecule has 7 nitrogen and oxygen atoms in total. The molecule has 2 aliphatic heterocycles. The number of ether oxygens (including phenoxy) is 2. The molecule has 33 heavy (non-hydrogen) atoms. The lowest BCUT2D eigenvalue weighted by molar-refractivity contribution is -0.126. The van der Waals surface area contributed by atoms with Crippen molar-refractivity contribution in [3.05, 3.63) is 57.6 Å². The van der Waals surface area contributed by atoms with Gasteiger partial charge in [-0.05, 0) is 49.6 Å². The average Bonchev–Trinajstić information content (AvgIpc) is 2.81. The Morgan fingerprint density at radius 1 is 1.15 bits per heavy atom. The van der Waals surface area contributed by atoms with Crippen molar-refractivity contribution in [1.29, 1.82) is 0 Å². The van der Waals surface area contributed by atoms with Crippen LogP contribution < -0.4 is 14.8 Å². The number of rotatable bonds is 6. The molecule has 0 aromatic heterocycles. The molecule has 2 aromatic carbocycles. The lowest BCUT2D eigenvalue weighted by Crippen LogP contribution is -2.46. The predicted molar refractivity (Wildman–Crippen MR) is 127 cm³/mol. The maximum Gasteiger partial charge on any atom is 0.224 e. The third kappa shape index (κ3) is 5.57. The zero-order valence-corrected chi connectivity index (χ0v) is 20.5. The van der Waals surface area contributed by atoms with Gasteiger partial charge in [0.25, 0.3) is 0 Å². The Labute approximate surface area is 204 Å². The van der Waals surface area contributed by atoms with Gasteiger partial charge in [0.1, 0.15) is 13.2 Å². The van der Waals surface area contributed by atoms with E-state index in [0.717, 1.165) is 5.56 Å². The number of hydrogen-bond donors (Lipinski definition) is 1. The first-order chi connectivity index (χ1) is 15.7. The summed E-state index contributed by atoms with van der Waals surface area (Å²) in [5, 5.41) is 3.64. The molecule has 0 radical (unpaired) electrons. The third-order valence-corrected chi connectivity index (χ3v) is 8.44. The van der Waals surface area contributed by atoms with E-state index in [1.54, 1.807) is 18.2 Å². The Hall–Kier alpha value is -2.00. The van der Waals surface area contributed by atoms with E-state index in [1.165, 1.54) is 4.31 Å². The van der Waals surface area contributed by atoms with Gasteiger partial charge in [-0.15, -0.1) is 0 Å². The summed E-state index contributed by atoms with van der Waals surface area (Å²) in [6, 6.07) is 10.2. The van der Waals surface area contributed by atoms with Gasteiger partial charge in [-0.1, -0.05) is 35.3 Å². The first-order valence-corrected chi connectivity index (χ1v) is 13.2. The highest BCUT2D eigenvalue weighted by Gasteiger charge is 2.33. The zero-order valence-electron chi connectivity index (χ0n) is 18.2. The quantitative estimate of drug-likeness (QED) is 0.627. The molecule has 2 aromatic rings. The maximum atomic E-state index is 13.1. The van der Waals surface area contributed by atoms with Crippen LogP contribution >= 0.6 is 23.2 Å². The summed E-state index contributed by atoms with van der Waals surface area (Å²) in [4.78, 5) is 13.0. The van der Waals surface area contributed by atoms with Crippen LogP contribution in [0.4, 0.5) is 0 Å². The summed E-state index contributed by atoms with van der Waals surface area (Å²) >= 11 is 12.3. The summed E-state index contributed by atoms with van der Waals surface area (Å²) in [5.74, 6) is 0.444. The SMILES string of the molecule is C[C@@H](NC(=O)[C@H]1CCCN(S(=O)(=O)Cc2c(Cl)cccc2Cl)C1)c1ccc2c(c1)OCCO2. The molecule has 0 saturated carbocycles. The number of sulfonamides is 1. The van der Waals surface area contributed by atoms with E-state index in [1.807, 2.05) is 25.1 Å². The summed E-state index contributed by atoms with van der Waals surface area (Å²) in [6.45, 7) is 3.39. The van der Waals surface area contributed by atoms with E-state index in [2.05, 4.69) is 5.32 Å². The van der Waals surface area contributed by atoms with Crippen molar-refractivity contribution < 1.29 is 22.7 Å². The Kier molecular flexibility index (Phi) is 7.38. The summed E-state index contributed by atoms with van der Waals surface area (Å²) in [5.41, 5.74) is 1.26. The summed E-state index contributed by atoms with van der Waals surface area (Å²) < 4.78 is 38.7. The molecule has 178 valence electrons. The smallest absolute Gasteiger partial charge is 0.224 e. The third-order valence-electron chi connectivity index (χ3n) is 5.96. The zero-order chi connectivity index (χ0) is 23.6. The number of amides is 1. The molecule has 0 unspecified atom stereocenters. The fraction of sp³-hybridized carbons (Fsp3) is 0.435. The number of hydrogen-bond acceptors (Lipinski definition) is 5. The van der Waals surface area contributed by atoms with Crippen molar-refractivity contribution in [2.45, 2.75) is 31.6 Å². The highest BCUT2D eigenvalue weighted by molar-refractivity contribution is 7.88. The van der Waals surface area contributed by atoms with Crippen LogP contribution in [0, 0.1) is 5.92 Å². The van der Waals surface area contributed by atoms with Gasteiger partial charge >= 0.3 is 0 Å². The topological polar surface area (TPSA) is 84.9 Å². The Balaban J connectivity index is 1.41. The highest BCUT2D eigenvalue weighted by atomic mass is 35.5. The molecule has 2 heterocycles. The number of piperidine rings is 1. The van der Waals surface area contributed by atoms with Crippen LogP contribution in [0.2, 0.25) is 10.0 Å². The minimum atomic E-state index is -3.68. The molecule has 10 heteroatoms. The first kappa shape index (κ1) is 24.1. The van der Waals surface area contributed by atoms with Gasteiger partial charge in [0, 0.05) is 28.7 Å². The molecule has 1 saturated heterocycles. The number of carbonyl (C=O) groups excluding carboxylic acids is 1. The second kappa shape index (κ2) is 10.1. The number of benzene rings is 2. The number of fused-ring (bicyclic) bond motifs is 1. The molecule has 1 fully saturated rings. The molecule has 4 rings (SSSR count). The van der Waals surface area contributed by atoms with E-state index >= 15 is 0 Å². The van der Waals surface area contributed by atoms with Gasteiger partial charge in [-0.2, -0.15) is 0 Å². The van der Waals surface area contributed by atoms with Crippen molar-refractivity contribution in [3.8, 4) is 11.5 Å². The average molecular weight is 513 g/mol. The van der Waals surface area contributed by atoms with E-state index in [0.29, 0.717) is 59.7 Å². The van der Waals surface area contributed by atoms with E-state index in [9.17, 15) is 13.2 Å². The second-order valence-corrected chi connectivity index (χ2v) is 11.1. The summed E-state index contributed by atoms with van der Waals surface area (Å²) in [6.07, 6.45) is 1.23. The monoisotopic (exact) mass is 512 g/mol. The number of halogens is 2. The minimum absolute atomic E-state index is 0.129. The number of nitrogens with zero attached hydrogens (tertiary/aromatic N) is 1. The molecule has 2 aliphatic rings. The van der Waals surface area contributed by atoms with Crippen molar-refractivity contribution in [1.82, 2.24) is 9.62 Å². The molecule has 0 bridgehead atoms. The Morgan fingerprint density at radius 2 is 1.85 bits per heavy atom. The molecular weight excluding hydrogens is 487 g/mol. The largest absolute Gasteiger partial charge is 0.486 e. The van der Waals surface area contributed by atoms with Gasteiger partial charge in [-0.3, -0.25) is 4.79 Å². The van der Waals surface area contributed by atoms with Crippen molar-refractivity contribution >= 4 is 39.1 Å². The van der Waals surface area contributed by atoms with E-state index in [4.69, 9.17) is 32.7 Å². The fourth-order valence-corrected chi connectivity index (χ4v) is 6.46. The highest BCUT2D eigenvalue weighted by Crippen LogP contribution is 2.33. The standard InChI is InChI=1S/C23H26Cl2N2O5S/c1-15(16-7-8-21-22(12-16)32-11-10-31-21)26-23(28)17-4-3-9-27(13-17)33(29,30)14-18-19(24)5-2-6-20(18)25/h2,5-8,12,15,17H,3-4,9-11,13-14H2,1H3,(H,26,28)/t15-,17+/m1/s1. The van der Waals surface area contributed by atoms with Gasteiger partial charge in [0.15, 0.2) is 11.5 Å².